The van der Waals surface area contributed by atoms with Crippen molar-refractivity contribution in [1.82, 2.24) is 40.3 Å². The van der Waals surface area contributed by atoms with Gasteiger partial charge in [0.15, 0.2) is 10.8 Å². The molecular weight excluding hydrogens is 526 g/mol. The third kappa shape index (κ3) is 5.54. The van der Waals surface area contributed by atoms with Crippen LogP contribution in [0.3, 0.4) is 0 Å². The number of carbonyl (C=O) groups is 2. The highest BCUT2D eigenvalue weighted by molar-refractivity contribution is 9.10. The summed E-state index contributed by atoms with van der Waals surface area (Å²) in [7, 11) is 0. The van der Waals surface area contributed by atoms with Gasteiger partial charge < -0.3 is 25.3 Å². The van der Waals surface area contributed by atoms with Crippen LogP contribution in [0.5, 0.6) is 0 Å². The predicted octanol–water partition coefficient (Wildman–Crippen LogP) is 1.31. The maximum absolute atomic E-state index is 12.2. The van der Waals surface area contributed by atoms with Crippen LogP contribution in [-0.2, 0) is 17.9 Å². The molecule has 3 heterocycles. The molecule has 2 amide bonds. The van der Waals surface area contributed by atoms with Gasteiger partial charge in [0.05, 0.1) is 26.7 Å². The van der Waals surface area contributed by atoms with Crippen LogP contribution in [0.2, 0.25) is 5.02 Å². The highest BCUT2D eigenvalue weighted by Gasteiger charge is 2.25. The summed E-state index contributed by atoms with van der Waals surface area (Å²) in [5.41, 5.74) is 1.98. The van der Waals surface area contributed by atoms with Gasteiger partial charge >= 0.3 is 17.6 Å². The van der Waals surface area contributed by atoms with Crippen molar-refractivity contribution >= 4 is 45.2 Å². The molecule has 0 saturated carbocycles. The minimum atomic E-state index is -0.699. The number of nitrogens with one attached hydrogen (secondary N) is 2. The maximum Gasteiger partial charge on any atom is 0.408 e. The van der Waals surface area contributed by atoms with Gasteiger partial charge in [-0.25, -0.2) is 0 Å². The molecule has 14 nitrogen and oxygen atoms in total. The average molecular weight is 545 g/mol. The number of halogens is 2. The number of hydrogen-bond acceptors (Lipinski definition) is 9. The number of aromatic nitrogens is 6. The Labute approximate surface area is 199 Å². The van der Waals surface area contributed by atoms with Gasteiger partial charge in [-0.2, -0.15) is 14.8 Å². The summed E-state index contributed by atoms with van der Waals surface area (Å²) in [6.45, 7) is 5.52. The molecular formula is C17H19BrClN9O5. The lowest BCUT2D eigenvalue weighted by Crippen LogP contribution is -2.36. The molecule has 0 saturated heterocycles. The van der Waals surface area contributed by atoms with E-state index in [0.29, 0.717) is 5.69 Å². The average Bonchev–Trinajstić information content (AvgIpc) is 3.41. The Kier molecular flexibility index (Phi) is 7.43. The first kappa shape index (κ1) is 24.3. The summed E-state index contributed by atoms with van der Waals surface area (Å²) in [5.74, 6) is -1.59. The summed E-state index contributed by atoms with van der Waals surface area (Å²) in [6.07, 6.45) is 0. The molecule has 0 aliphatic carbocycles. The van der Waals surface area contributed by atoms with Gasteiger partial charge in [-0.15, -0.1) is 0 Å². The number of rotatable bonds is 9. The molecule has 3 aromatic heterocycles. The summed E-state index contributed by atoms with van der Waals surface area (Å²) < 4.78 is 8.59. The van der Waals surface area contributed by atoms with Crippen molar-refractivity contribution in [3.63, 3.8) is 0 Å². The Bertz CT molecular complexity index is 1220. The number of aryl methyl sites for hydroxylation is 1. The summed E-state index contributed by atoms with van der Waals surface area (Å²) >= 11 is 9.30. The first-order valence-corrected chi connectivity index (χ1v) is 10.7. The number of hydrogen-bond donors (Lipinski definition) is 2. The van der Waals surface area contributed by atoms with E-state index in [-0.39, 0.29) is 48.8 Å². The highest BCUT2D eigenvalue weighted by atomic mass is 79.9. The first-order chi connectivity index (χ1) is 15.6. The fourth-order valence-electron chi connectivity index (χ4n) is 2.80. The standard InChI is InChI=1S/C17H19BrClN9O5/c1-8-13(18)9(2)27(23-8)7-12(29)20-4-5-21-16(30)17-22-11(25-33-17)6-26-10(3)14(19)15(24-26)28(31)32/h4-7H2,1-3H3,(H,20,29)(H,21,30). The topological polar surface area (TPSA) is 176 Å². The lowest BCUT2D eigenvalue weighted by Gasteiger charge is -2.07. The van der Waals surface area contributed by atoms with Gasteiger partial charge in [0.25, 0.3) is 0 Å². The Morgan fingerprint density at radius 2 is 1.85 bits per heavy atom. The van der Waals surface area contributed by atoms with Crippen LogP contribution in [0.25, 0.3) is 0 Å². The fraction of sp³-hybridized carbons (Fsp3) is 0.412. The summed E-state index contributed by atoms with van der Waals surface area (Å²) in [6, 6.07) is 0. The van der Waals surface area contributed by atoms with Crippen LogP contribution < -0.4 is 10.6 Å². The van der Waals surface area contributed by atoms with E-state index in [2.05, 4.69) is 46.9 Å². The van der Waals surface area contributed by atoms with E-state index < -0.39 is 16.6 Å². The van der Waals surface area contributed by atoms with Crippen molar-refractivity contribution in [2.45, 2.75) is 33.9 Å². The molecule has 16 heteroatoms. The van der Waals surface area contributed by atoms with Gasteiger partial charge in [0.1, 0.15) is 13.1 Å². The molecule has 3 aromatic rings. The molecule has 0 unspecified atom stereocenters. The predicted molar refractivity (Wildman–Crippen MR) is 117 cm³/mol. The van der Waals surface area contributed by atoms with Crippen molar-refractivity contribution in [2.24, 2.45) is 0 Å². The molecule has 176 valence electrons. The van der Waals surface area contributed by atoms with Crippen LogP contribution in [-0.4, -0.2) is 59.5 Å². The van der Waals surface area contributed by atoms with Gasteiger partial charge in [-0.1, -0.05) is 16.8 Å². The molecule has 33 heavy (non-hydrogen) atoms. The Morgan fingerprint density at radius 3 is 2.45 bits per heavy atom. The maximum atomic E-state index is 12.2. The minimum absolute atomic E-state index is 0.0499. The molecule has 0 bridgehead atoms. The zero-order chi connectivity index (χ0) is 24.3. The van der Waals surface area contributed by atoms with Crippen molar-refractivity contribution in [1.29, 1.82) is 0 Å². The van der Waals surface area contributed by atoms with Crippen molar-refractivity contribution in [2.75, 3.05) is 13.1 Å². The molecule has 3 rings (SSSR count). The van der Waals surface area contributed by atoms with E-state index >= 15 is 0 Å². The van der Waals surface area contributed by atoms with E-state index in [4.69, 9.17) is 16.1 Å². The lowest BCUT2D eigenvalue weighted by molar-refractivity contribution is -0.389. The number of amides is 2. The van der Waals surface area contributed by atoms with Gasteiger partial charge in [0.2, 0.25) is 5.91 Å². The Morgan fingerprint density at radius 1 is 1.15 bits per heavy atom. The van der Waals surface area contributed by atoms with Crippen molar-refractivity contribution in [3.8, 4) is 0 Å². The van der Waals surface area contributed by atoms with E-state index in [1.54, 1.807) is 11.6 Å². The van der Waals surface area contributed by atoms with Crippen LogP contribution >= 0.6 is 27.5 Å². The number of carbonyl (C=O) groups excluding carboxylic acids is 2. The minimum Gasteiger partial charge on any atom is -0.358 e. The molecule has 0 fully saturated rings. The molecule has 0 aromatic carbocycles. The van der Waals surface area contributed by atoms with Crippen LogP contribution in [0.1, 0.15) is 33.6 Å². The molecule has 0 atom stereocenters. The lowest BCUT2D eigenvalue weighted by atomic mass is 10.4. The third-order valence-corrected chi connectivity index (χ3v) is 6.15. The normalized spacial score (nSPS) is 10.9. The SMILES string of the molecule is Cc1nn(CC(=O)NCCNC(=O)c2nc(Cn3nc([N+](=O)[O-])c(Cl)c3C)no2)c(C)c1Br. The largest absolute Gasteiger partial charge is 0.408 e. The number of nitrogens with zero attached hydrogens (tertiary/aromatic N) is 7. The highest BCUT2D eigenvalue weighted by Crippen LogP contribution is 2.26. The first-order valence-electron chi connectivity index (χ1n) is 9.52. The van der Waals surface area contributed by atoms with E-state index in [0.717, 1.165) is 15.9 Å². The molecule has 0 radical (unpaired) electrons. The quantitative estimate of drug-likeness (QED) is 0.228. The van der Waals surface area contributed by atoms with Crippen LogP contribution in [0.4, 0.5) is 5.82 Å². The molecule has 0 spiro atoms. The fourth-order valence-corrected chi connectivity index (χ4v) is 3.29. The summed E-state index contributed by atoms with van der Waals surface area (Å²) in [4.78, 5) is 38.4. The smallest absolute Gasteiger partial charge is 0.358 e. The molecule has 0 aliphatic rings. The second kappa shape index (κ2) is 10.1. The summed E-state index contributed by atoms with van der Waals surface area (Å²) in [5, 5.41) is 27.8. The van der Waals surface area contributed by atoms with Gasteiger partial charge in [-0.3, -0.25) is 14.3 Å². The Hall–Kier alpha value is -3.33. The van der Waals surface area contributed by atoms with Crippen LogP contribution in [0, 0.1) is 30.9 Å². The molecule has 2 N–H and O–H groups in total. The van der Waals surface area contributed by atoms with E-state index in [9.17, 15) is 19.7 Å². The van der Waals surface area contributed by atoms with Crippen molar-refractivity contribution in [3.05, 3.63) is 48.4 Å². The van der Waals surface area contributed by atoms with Gasteiger partial charge in [-0.05, 0) is 41.6 Å². The monoisotopic (exact) mass is 543 g/mol. The van der Waals surface area contributed by atoms with E-state index in [1.165, 1.54) is 4.68 Å². The van der Waals surface area contributed by atoms with Gasteiger partial charge in [0, 0.05) is 13.1 Å². The number of nitro groups is 1. The van der Waals surface area contributed by atoms with Crippen LogP contribution in [0.15, 0.2) is 9.00 Å². The second-order valence-corrected chi connectivity index (χ2v) is 8.07. The zero-order valence-electron chi connectivity index (χ0n) is 17.8. The van der Waals surface area contributed by atoms with E-state index in [1.807, 2.05) is 13.8 Å². The molecule has 0 aliphatic heterocycles. The Balaban J connectivity index is 1.47. The third-order valence-electron chi connectivity index (χ3n) is 4.56. The second-order valence-electron chi connectivity index (χ2n) is 6.90. The van der Waals surface area contributed by atoms with Crippen molar-refractivity contribution < 1.29 is 19.0 Å². The zero-order valence-corrected chi connectivity index (χ0v) is 20.1.